The molecule has 0 bridgehead atoms. The third kappa shape index (κ3) is 2.20. The first-order valence-electron chi connectivity index (χ1n) is 5.68. The second-order valence-electron chi connectivity index (χ2n) is 4.28. The van der Waals surface area contributed by atoms with E-state index in [9.17, 15) is 4.79 Å². The molecule has 0 spiro atoms. The van der Waals surface area contributed by atoms with Gasteiger partial charge >= 0.3 is 0 Å². The molecule has 2 aromatic rings. The summed E-state index contributed by atoms with van der Waals surface area (Å²) in [5, 5.41) is 2.79. The number of nitrogens with two attached hydrogens (primary N) is 1. The van der Waals surface area contributed by atoms with Crippen molar-refractivity contribution in [2.75, 3.05) is 5.32 Å². The molecule has 0 aliphatic carbocycles. The second kappa shape index (κ2) is 4.70. The number of carbonyl (C=O) groups excluding carboxylic acids is 1. The van der Waals surface area contributed by atoms with Gasteiger partial charge in [-0.3, -0.25) is 4.79 Å². The zero-order valence-electron chi connectivity index (χ0n) is 10.1. The van der Waals surface area contributed by atoms with Crippen molar-refractivity contribution in [2.24, 2.45) is 5.73 Å². The lowest BCUT2D eigenvalue weighted by molar-refractivity contribution is -0.116. The van der Waals surface area contributed by atoms with Crippen molar-refractivity contribution in [3.63, 3.8) is 0 Å². The molecule has 2 heterocycles. The number of anilines is 1. The normalized spacial score (nSPS) is 17.4. The van der Waals surface area contributed by atoms with Crippen LogP contribution in [-0.2, 0) is 4.79 Å². The number of fused-ring (bicyclic) bond motifs is 1. The Balaban J connectivity index is 1.99. The van der Waals surface area contributed by atoms with Gasteiger partial charge in [-0.1, -0.05) is 11.8 Å². The largest absolute Gasteiger partial charge is 0.468 e. The Hall–Kier alpha value is -1.24. The Morgan fingerprint density at radius 2 is 2.21 bits per heavy atom. The summed E-state index contributed by atoms with van der Waals surface area (Å²) >= 11 is 5.10. The maximum atomic E-state index is 11.6. The fourth-order valence-corrected chi connectivity index (χ4v) is 3.45. The van der Waals surface area contributed by atoms with Crippen molar-refractivity contribution in [1.29, 1.82) is 0 Å². The highest BCUT2D eigenvalue weighted by Crippen LogP contribution is 2.41. The smallest absolute Gasteiger partial charge is 0.245 e. The Bertz CT molecular complexity index is 669. The number of nitrogens with one attached hydrogen (secondary N) is 1. The van der Waals surface area contributed by atoms with Gasteiger partial charge in [0.05, 0.1) is 11.2 Å². The summed E-state index contributed by atoms with van der Waals surface area (Å²) in [6.07, 6.45) is 1.66. The van der Waals surface area contributed by atoms with Crippen LogP contribution in [0.5, 0.6) is 0 Å². The molecule has 4 nitrogen and oxygen atoms in total. The number of hydrogen-bond donors (Lipinski definition) is 2. The molecule has 0 fully saturated rings. The van der Waals surface area contributed by atoms with Gasteiger partial charge in [-0.25, -0.2) is 0 Å². The molecule has 3 rings (SSSR count). The Morgan fingerprint density at radius 1 is 1.42 bits per heavy atom. The molecular formula is C13H11BrN2O2S. The fourth-order valence-electron chi connectivity index (χ4n) is 1.96. The van der Waals surface area contributed by atoms with Crippen LogP contribution in [0.2, 0.25) is 0 Å². The van der Waals surface area contributed by atoms with E-state index in [0.29, 0.717) is 0 Å². The molecule has 0 radical (unpaired) electrons. The molecule has 1 aromatic carbocycles. The summed E-state index contributed by atoms with van der Waals surface area (Å²) in [5.74, 6) is 0.710. The van der Waals surface area contributed by atoms with Crippen molar-refractivity contribution < 1.29 is 9.21 Å². The van der Waals surface area contributed by atoms with Crippen LogP contribution in [0.3, 0.4) is 0 Å². The molecule has 3 N–H and O–H groups in total. The molecule has 98 valence electrons. The molecule has 1 aromatic heterocycles. The topological polar surface area (TPSA) is 68.3 Å². The van der Waals surface area contributed by atoms with Crippen LogP contribution in [0.4, 0.5) is 5.69 Å². The number of rotatable bonds is 2. The van der Waals surface area contributed by atoms with E-state index >= 15 is 0 Å². The quantitative estimate of drug-likeness (QED) is 0.879. The number of benzene rings is 1. The highest BCUT2D eigenvalue weighted by atomic mass is 79.9. The molecule has 1 aliphatic heterocycles. The van der Waals surface area contributed by atoms with Crippen LogP contribution in [0.15, 0.2) is 43.1 Å². The molecule has 0 saturated heterocycles. The number of hydrogen-bond acceptors (Lipinski definition) is 4. The van der Waals surface area contributed by atoms with E-state index in [1.54, 1.807) is 18.0 Å². The molecule has 0 saturated carbocycles. The lowest BCUT2D eigenvalue weighted by Crippen LogP contribution is -2.19. The van der Waals surface area contributed by atoms with E-state index in [-0.39, 0.29) is 5.91 Å². The van der Waals surface area contributed by atoms with Crippen molar-refractivity contribution in [3.8, 4) is 0 Å². The number of carbonyl (C=O) groups is 1. The van der Waals surface area contributed by atoms with Crippen LogP contribution in [0.25, 0.3) is 0 Å². The van der Waals surface area contributed by atoms with Gasteiger partial charge in [0.1, 0.15) is 11.8 Å². The van der Waals surface area contributed by atoms with Crippen LogP contribution < -0.4 is 11.1 Å². The van der Waals surface area contributed by atoms with Crippen LogP contribution in [0.1, 0.15) is 17.4 Å². The minimum atomic E-state index is -0.582. The molecule has 1 amide bonds. The summed E-state index contributed by atoms with van der Waals surface area (Å²) in [7, 11) is 0. The van der Waals surface area contributed by atoms with Gasteiger partial charge in [-0.2, -0.15) is 0 Å². The minimum Gasteiger partial charge on any atom is -0.468 e. The number of amides is 1. The summed E-state index contributed by atoms with van der Waals surface area (Å²) in [6.45, 7) is 1.92. The van der Waals surface area contributed by atoms with Gasteiger partial charge in [-0.05, 0) is 41.1 Å². The summed E-state index contributed by atoms with van der Waals surface area (Å²) < 4.78 is 6.20. The number of halogens is 1. The first kappa shape index (κ1) is 12.8. The van der Waals surface area contributed by atoms with Crippen LogP contribution in [-0.4, -0.2) is 5.91 Å². The SMILES string of the molecule is Cc1occc1Sc1cc2c(cc1Br)C(N)C(=O)N2. The average Bonchev–Trinajstić information content (AvgIpc) is 2.88. The average molecular weight is 339 g/mol. The predicted octanol–water partition coefficient (Wildman–Crippen LogP) is 3.45. The van der Waals surface area contributed by atoms with Crippen molar-refractivity contribution in [2.45, 2.75) is 22.8 Å². The van der Waals surface area contributed by atoms with E-state index in [1.807, 2.05) is 25.1 Å². The van der Waals surface area contributed by atoms with Gasteiger partial charge in [0.2, 0.25) is 5.91 Å². The molecule has 1 atom stereocenters. The Labute approximate surface area is 122 Å². The van der Waals surface area contributed by atoms with Crippen molar-refractivity contribution >= 4 is 39.3 Å². The first-order valence-corrected chi connectivity index (χ1v) is 7.29. The molecule has 1 unspecified atom stereocenters. The standard InChI is InChI=1S/C13H11BrN2O2S/c1-6-10(2-3-18-6)19-11-5-9-7(4-8(11)14)12(15)13(17)16-9/h2-5,12H,15H2,1H3,(H,16,17). The minimum absolute atomic E-state index is 0.163. The predicted molar refractivity (Wildman–Crippen MR) is 77.3 cm³/mol. The zero-order chi connectivity index (χ0) is 13.6. The van der Waals surface area contributed by atoms with Crippen molar-refractivity contribution in [3.05, 3.63) is 40.3 Å². The third-order valence-electron chi connectivity index (χ3n) is 3.01. The second-order valence-corrected chi connectivity index (χ2v) is 6.22. The van der Waals surface area contributed by atoms with E-state index in [2.05, 4.69) is 21.2 Å². The molecule has 1 aliphatic rings. The number of aryl methyl sites for hydroxylation is 1. The van der Waals surface area contributed by atoms with E-state index in [1.165, 1.54) is 0 Å². The highest BCUT2D eigenvalue weighted by molar-refractivity contribution is 9.10. The lowest BCUT2D eigenvalue weighted by Gasteiger charge is -2.08. The van der Waals surface area contributed by atoms with Crippen LogP contribution in [0, 0.1) is 6.92 Å². The monoisotopic (exact) mass is 338 g/mol. The summed E-state index contributed by atoms with van der Waals surface area (Å²) in [4.78, 5) is 13.6. The number of furan rings is 1. The summed E-state index contributed by atoms with van der Waals surface area (Å²) in [5.41, 5.74) is 7.42. The third-order valence-corrected chi connectivity index (χ3v) is 5.13. The Kier molecular flexibility index (Phi) is 3.16. The summed E-state index contributed by atoms with van der Waals surface area (Å²) in [6, 6.07) is 5.17. The van der Waals surface area contributed by atoms with Gasteiger partial charge in [0, 0.05) is 20.6 Å². The molecular weight excluding hydrogens is 328 g/mol. The molecule has 19 heavy (non-hydrogen) atoms. The van der Waals surface area contributed by atoms with Gasteiger partial charge in [-0.15, -0.1) is 0 Å². The van der Waals surface area contributed by atoms with Gasteiger partial charge in [0.25, 0.3) is 0 Å². The highest BCUT2D eigenvalue weighted by Gasteiger charge is 2.28. The Morgan fingerprint density at radius 3 is 2.89 bits per heavy atom. The van der Waals surface area contributed by atoms with E-state index < -0.39 is 6.04 Å². The maximum Gasteiger partial charge on any atom is 0.245 e. The van der Waals surface area contributed by atoms with Gasteiger partial charge < -0.3 is 15.5 Å². The van der Waals surface area contributed by atoms with E-state index in [0.717, 1.165) is 31.3 Å². The lowest BCUT2D eigenvalue weighted by atomic mass is 10.1. The first-order chi connectivity index (χ1) is 9.06. The van der Waals surface area contributed by atoms with E-state index in [4.69, 9.17) is 10.2 Å². The fraction of sp³-hybridized carbons (Fsp3) is 0.154. The molecule has 6 heteroatoms. The van der Waals surface area contributed by atoms with Crippen LogP contribution >= 0.6 is 27.7 Å². The maximum absolute atomic E-state index is 11.6. The van der Waals surface area contributed by atoms with Crippen molar-refractivity contribution in [1.82, 2.24) is 0 Å². The zero-order valence-corrected chi connectivity index (χ0v) is 12.5. The van der Waals surface area contributed by atoms with Gasteiger partial charge in [0.15, 0.2) is 0 Å².